The van der Waals surface area contributed by atoms with Crippen molar-refractivity contribution in [2.45, 2.75) is 25.4 Å². The van der Waals surface area contributed by atoms with Crippen LogP contribution in [0.4, 0.5) is 5.69 Å². The Hall–Kier alpha value is -1.75. The van der Waals surface area contributed by atoms with Crippen LogP contribution >= 0.6 is 0 Å². The van der Waals surface area contributed by atoms with E-state index in [-0.39, 0.29) is 18.0 Å². The van der Waals surface area contributed by atoms with Crippen LogP contribution in [0.3, 0.4) is 0 Å². The number of nitrogens with two attached hydrogens (primary N) is 1. The number of carbonyl (C=O) groups is 1. The average Bonchev–Trinajstić information content (AvgIpc) is 2.41. The fraction of sp³-hybridized carbons (Fsp3) is 0.500. The van der Waals surface area contributed by atoms with Crippen LogP contribution < -0.4 is 20.7 Å². The summed E-state index contributed by atoms with van der Waals surface area (Å²) in [6, 6.07) is 7.72. The summed E-state index contributed by atoms with van der Waals surface area (Å²) in [5.41, 5.74) is 6.62. The Morgan fingerprint density at radius 2 is 2.32 bits per heavy atom. The molecule has 1 amide bonds. The van der Waals surface area contributed by atoms with Crippen LogP contribution in [0, 0.1) is 0 Å². The van der Waals surface area contributed by atoms with Gasteiger partial charge in [-0.15, -0.1) is 0 Å². The number of ether oxygens (including phenoxy) is 1. The molecule has 0 aliphatic carbocycles. The van der Waals surface area contributed by atoms with Gasteiger partial charge in [0.05, 0.1) is 7.11 Å². The van der Waals surface area contributed by atoms with Gasteiger partial charge >= 0.3 is 0 Å². The molecule has 0 aromatic heterocycles. The molecule has 1 saturated heterocycles. The van der Waals surface area contributed by atoms with E-state index >= 15 is 0 Å². The zero-order valence-corrected chi connectivity index (χ0v) is 11.4. The predicted molar refractivity (Wildman–Crippen MR) is 75.4 cm³/mol. The van der Waals surface area contributed by atoms with Gasteiger partial charge in [-0.2, -0.15) is 0 Å². The Morgan fingerprint density at radius 3 is 3.00 bits per heavy atom. The molecular weight excluding hydrogens is 242 g/mol. The number of methoxy groups -OCH3 is 1. The first-order chi connectivity index (χ1) is 9.15. The number of benzene rings is 1. The molecule has 1 aliphatic rings. The highest BCUT2D eigenvalue weighted by Gasteiger charge is 2.32. The minimum Gasteiger partial charge on any atom is -0.497 e. The minimum absolute atomic E-state index is 0.0482. The van der Waals surface area contributed by atoms with Gasteiger partial charge in [-0.1, -0.05) is 6.07 Å². The second-order valence-electron chi connectivity index (χ2n) is 4.86. The molecule has 1 aliphatic heterocycles. The highest BCUT2D eigenvalue weighted by molar-refractivity contribution is 5.87. The molecule has 0 saturated carbocycles. The molecule has 5 heteroatoms. The number of hydrogen-bond donors (Lipinski definition) is 2. The predicted octanol–water partition coefficient (Wildman–Crippen LogP) is 0.737. The van der Waals surface area contributed by atoms with Gasteiger partial charge in [-0.05, 0) is 32.0 Å². The molecule has 0 spiro atoms. The fourth-order valence-electron chi connectivity index (χ4n) is 2.47. The third kappa shape index (κ3) is 2.98. The number of nitrogens with zero attached hydrogens (tertiary/aromatic N) is 1. The highest BCUT2D eigenvalue weighted by Crippen LogP contribution is 2.25. The average molecular weight is 263 g/mol. The molecule has 0 radical (unpaired) electrons. The lowest BCUT2D eigenvalue weighted by Gasteiger charge is -2.39. The van der Waals surface area contributed by atoms with Gasteiger partial charge < -0.3 is 20.7 Å². The summed E-state index contributed by atoms with van der Waals surface area (Å²) in [5, 5.41) is 2.98. The summed E-state index contributed by atoms with van der Waals surface area (Å²) in [4.78, 5) is 14.2. The summed E-state index contributed by atoms with van der Waals surface area (Å²) in [6.45, 7) is 3.28. The topological polar surface area (TPSA) is 67.6 Å². The largest absolute Gasteiger partial charge is 0.497 e. The Labute approximate surface area is 113 Å². The van der Waals surface area contributed by atoms with Crippen molar-refractivity contribution in [2.24, 2.45) is 5.73 Å². The summed E-state index contributed by atoms with van der Waals surface area (Å²) in [5.74, 6) is 0.842. The van der Waals surface area contributed by atoms with Crippen LogP contribution in [0.5, 0.6) is 5.75 Å². The van der Waals surface area contributed by atoms with Gasteiger partial charge in [0.2, 0.25) is 5.91 Å². The normalized spacial score (nSPS) is 23.1. The molecule has 0 bridgehead atoms. The highest BCUT2D eigenvalue weighted by atomic mass is 16.5. The van der Waals surface area contributed by atoms with E-state index < -0.39 is 0 Å². The first-order valence-electron chi connectivity index (χ1n) is 6.57. The molecule has 2 rings (SSSR count). The van der Waals surface area contributed by atoms with E-state index in [0.717, 1.165) is 18.0 Å². The van der Waals surface area contributed by atoms with E-state index in [1.165, 1.54) is 0 Å². The molecule has 1 heterocycles. The number of hydrogen-bond acceptors (Lipinski definition) is 4. The Bertz CT molecular complexity index is 450. The third-order valence-electron chi connectivity index (χ3n) is 3.36. The summed E-state index contributed by atoms with van der Waals surface area (Å²) in [6.07, 6.45) is 0.649. The molecule has 2 atom stereocenters. The number of carbonyl (C=O) groups excluding carboxylic acids is 1. The van der Waals surface area contributed by atoms with Crippen LogP contribution in [-0.4, -0.2) is 38.2 Å². The smallest absolute Gasteiger partial charge is 0.243 e. The molecular formula is C14H21N3O2. The number of rotatable bonds is 4. The molecule has 19 heavy (non-hydrogen) atoms. The first kappa shape index (κ1) is 13.7. The molecule has 2 unspecified atom stereocenters. The van der Waals surface area contributed by atoms with Gasteiger partial charge in [0.25, 0.3) is 0 Å². The third-order valence-corrected chi connectivity index (χ3v) is 3.36. The Kier molecular flexibility index (Phi) is 4.27. The number of amides is 1. The maximum atomic E-state index is 12.1. The first-order valence-corrected chi connectivity index (χ1v) is 6.57. The number of anilines is 1. The molecule has 1 aromatic carbocycles. The van der Waals surface area contributed by atoms with E-state index in [2.05, 4.69) is 10.2 Å². The van der Waals surface area contributed by atoms with Crippen molar-refractivity contribution in [2.75, 3.05) is 25.1 Å². The second kappa shape index (κ2) is 5.93. The molecule has 3 N–H and O–H groups in total. The summed E-state index contributed by atoms with van der Waals surface area (Å²) >= 11 is 0. The van der Waals surface area contributed by atoms with Crippen LogP contribution in [0.15, 0.2) is 24.3 Å². The van der Waals surface area contributed by atoms with E-state index in [9.17, 15) is 4.79 Å². The van der Waals surface area contributed by atoms with Crippen molar-refractivity contribution in [3.8, 4) is 5.75 Å². The van der Waals surface area contributed by atoms with Crippen LogP contribution in [0.25, 0.3) is 0 Å². The van der Waals surface area contributed by atoms with Crippen molar-refractivity contribution >= 4 is 11.6 Å². The van der Waals surface area contributed by atoms with E-state index in [4.69, 9.17) is 10.5 Å². The maximum absolute atomic E-state index is 12.1. The molecule has 1 fully saturated rings. The van der Waals surface area contributed by atoms with Crippen molar-refractivity contribution in [3.63, 3.8) is 0 Å². The SMILES string of the molecule is COc1cccc(N2CC(C)NC(=O)C2CCN)c1. The van der Waals surface area contributed by atoms with Crippen molar-refractivity contribution in [1.82, 2.24) is 5.32 Å². The molecule has 104 valence electrons. The van der Waals surface area contributed by atoms with E-state index in [1.807, 2.05) is 31.2 Å². The van der Waals surface area contributed by atoms with E-state index in [0.29, 0.717) is 13.0 Å². The maximum Gasteiger partial charge on any atom is 0.243 e. The van der Waals surface area contributed by atoms with Crippen molar-refractivity contribution < 1.29 is 9.53 Å². The summed E-state index contributed by atoms with van der Waals surface area (Å²) < 4.78 is 5.24. The van der Waals surface area contributed by atoms with Crippen LogP contribution in [0.2, 0.25) is 0 Å². The van der Waals surface area contributed by atoms with Crippen molar-refractivity contribution in [1.29, 1.82) is 0 Å². The van der Waals surface area contributed by atoms with Crippen LogP contribution in [0.1, 0.15) is 13.3 Å². The van der Waals surface area contributed by atoms with Crippen molar-refractivity contribution in [3.05, 3.63) is 24.3 Å². The second-order valence-corrected chi connectivity index (χ2v) is 4.86. The lowest BCUT2D eigenvalue weighted by Crippen LogP contribution is -2.59. The monoisotopic (exact) mass is 263 g/mol. The zero-order chi connectivity index (χ0) is 13.8. The van der Waals surface area contributed by atoms with E-state index in [1.54, 1.807) is 7.11 Å². The Balaban J connectivity index is 2.29. The number of piperazine rings is 1. The zero-order valence-electron chi connectivity index (χ0n) is 11.4. The van der Waals surface area contributed by atoms with Gasteiger partial charge in [0.1, 0.15) is 11.8 Å². The quantitative estimate of drug-likeness (QED) is 0.840. The number of nitrogens with one attached hydrogen (secondary N) is 1. The lowest BCUT2D eigenvalue weighted by atomic mass is 10.0. The lowest BCUT2D eigenvalue weighted by molar-refractivity contribution is -0.124. The molecule has 5 nitrogen and oxygen atoms in total. The van der Waals surface area contributed by atoms with Gasteiger partial charge in [0.15, 0.2) is 0 Å². The van der Waals surface area contributed by atoms with Gasteiger partial charge in [0, 0.05) is 24.3 Å². The Morgan fingerprint density at radius 1 is 1.53 bits per heavy atom. The standard InChI is InChI=1S/C14H21N3O2/c1-10-9-17(13(6-7-15)14(18)16-10)11-4-3-5-12(8-11)19-2/h3-5,8,10,13H,6-7,9,15H2,1-2H3,(H,16,18). The van der Waals surface area contributed by atoms with Gasteiger partial charge in [-0.25, -0.2) is 0 Å². The fourth-order valence-corrected chi connectivity index (χ4v) is 2.47. The van der Waals surface area contributed by atoms with Gasteiger partial charge in [-0.3, -0.25) is 4.79 Å². The van der Waals surface area contributed by atoms with Crippen LogP contribution in [-0.2, 0) is 4.79 Å². The molecule has 1 aromatic rings. The minimum atomic E-state index is -0.201. The summed E-state index contributed by atoms with van der Waals surface area (Å²) in [7, 11) is 1.64.